The van der Waals surface area contributed by atoms with E-state index < -0.39 is 0 Å². The predicted octanol–water partition coefficient (Wildman–Crippen LogP) is 2.82. The molecule has 0 spiro atoms. The number of pyridine rings is 1. The van der Waals surface area contributed by atoms with Gasteiger partial charge in [-0.05, 0) is 55.9 Å². The Morgan fingerprint density at radius 3 is 2.31 bits per heavy atom. The van der Waals surface area contributed by atoms with E-state index in [1.54, 1.807) is 25.0 Å². The van der Waals surface area contributed by atoms with Crippen LogP contribution in [-0.4, -0.2) is 29.5 Å². The Morgan fingerprint density at radius 2 is 1.78 bits per heavy atom. The molecule has 0 radical (unpaired) electrons. The number of nitrogens with one attached hydrogen (secondary N) is 2. The minimum atomic E-state index is 0. The fraction of sp³-hybridized carbons (Fsp3) is 0.200. The Bertz CT molecular complexity index is 1020. The van der Waals surface area contributed by atoms with Crippen molar-refractivity contribution in [3.8, 4) is 0 Å². The summed E-state index contributed by atoms with van der Waals surface area (Å²) >= 11 is 0. The van der Waals surface area contributed by atoms with Crippen LogP contribution in [0.25, 0.3) is 6.08 Å². The van der Waals surface area contributed by atoms with Gasteiger partial charge in [0.1, 0.15) is 5.82 Å². The van der Waals surface area contributed by atoms with Crippen molar-refractivity contribution in [2.24, 2.45) is 5.73 Å². The van der Waals surface area contributed by atoms with Crippen LogP contribution in [0, 0.1) is 6.54 Å². The number of anilines is 1. The maximum Gasteiger partial charge on any atom is 1.00 e. The van der Waals surface area contributed by atoms with Gasteiger partial charge in [0, 0.05) is 24.5 Å². The third-order valence-electron chi connectivity index (χ3n) is 5.55. The number of nitrogens with two attached hydrogens (primary N) is 1. The summed E-state index contributed by atoms with van der Waals surface area (Å²) in [6.45, 7) is 15.0. The molecule has 5 nitrogen and oxygen atoms in total. The number of hydrogen-bond donors (Lipinski definition) is 3. The third kappa shape index (κ3) is 11.8. The van der Waals surface area contributed by atoms with E-state index >= 15 is 0 Å². The normalized spacial score (nSPS) is 13.9. The van der Waals surface area contributed by atoms with Gasteiger partial charge in [-0.2, -0.15) is 17.7 Å². The van der Waals surface area contributed by atoms with Gasteiger partial charge in [0.15, 0.2) is 0 Å². The first-order valence-electron chi connectivity index (χ1n) is 11.8. The van der Waals surface area contributed by atoms with Crippen molar-refractivity contribution in [1.82, 2.24) is 15.2 Å². The summed E-state index contributed by atoms with van der Waals surface area (Å²) in [6, 6.07) is 24.6. The van der Waals surface area contributed by atoms with Gasteiger partial charge in [-0.3, -0.25) is 4.90 Å². The number of likely N-dealkylation sites (tertiary alicyclic amines) is 1. The summed E-state index contributed by atoms with van der Waals surface area (Å²) in [7, 11) is 2.17. The van der Waals surface area contributed by atoms with Gasteiger partial charge < -0.3 is 16.4 Å². The second-order valence-corrected chi connectivity index (χ2v) is 8.11. The molecule has 1 unspecified atom stereocenters. The molecule has 1 atom stereocenters. The van der Waals surface area contributed by atoms with Crippen LogP contribution >= 0.6 is 0 Å². The molecule has 1 saturated heterocycles. The molecule has 0 aliphatic carbocycles. The van der Waals surface area contributed by atoms with E-state index in [4.69, 9.17) is 5.73 Å². The maximum atomic E-state index is 5.22. The maximum absolute atomic E-state index is 5.22. The van der Waals surface area contributed by atoms with Gasteiger partial charge in [-0.25, -0.2) is 4.98 Å². The monoisotopic (exact) mass is 491 g/mol. The van der Waals surface area contributed by atoms with Gasteiger partial charge in [-0.1, -0.05) is 62.2 Å². The minimum absolute atomic E-state index is 0. The standard InChI is InChI=1S/C14H20N2.C9H10N2.C7H8N.Na/c1-12(14-9-6-10-16(14)2)15-11-13-7-4-3-5-8-13;1-3-8-5-6-11-9(7-8)10-4-2;8-6-7-4-2-1-3-5-7;/h3-5,7-8,14-15H,1,6,9-11H2,2H3;3-7H,1-2H2,(H,10,11);1-6H,8H2;/q;;-1;+1. The molecule has 2 aromatic carbocycles. The Hall–Kier alpha value is -2.80. The molecule has 2 heterocycles. The Labute approximate surface area is 239 Å². The first kappa shape index (κ1) is 31.2. The number of hydrogen-bond acceptors (Lipinski definition) is 5. The molecule has 4 rings (SSSR count). The quantitative estimate of drug-likeness (QED) is 0.334. The molecule has 1 aliphatic rings. The summed E-state index contributed by atoms with van der Waals surface area (Å²) in [5.41, 5.74) is 9.80. The molecule has 1 aromatic heterocycles. The first-order valence-corrected chi connectivity index (χ1v) is 11.8. The van der Waals surface area contributed by atoms with Crippen LogP contribution in [-0.2, 0) is 6.54 Å². The molecule has 6 heteroatoms. The van der Waals surface area contributed by atoms with Crippen molar-refractivity contribution in [2.45, 2.75) is 25.4 Å². The summed E-state index contributed by atoms with van der Waals surface area (Å²) in [5.74, 6) is 0.789. The SMILES string of the molecule is C=C(NCc1ccccc1)C1CCCN1C.C=CNc1cc(C=C)ccn1.N[CH-]c1ccccc1.[Na+]. The third-order valence-corrected chi connectivity index (χ3v) is 5.55. The zero-order valence-corrected chi connectivity index (χ0v) is 23.7. The fourth-order valence-electron chi connectivity index (χ4n) is 3.60. The molecule has 3 aromatic rings. The van der Waals surface area contributed by atoms with E-state index in [9.17, 15) is 0 Å². The van der Waals surface area contributed by atoms with Crippen LogP contribution in [0.5, 0.6) is 0 Å². The minimum Gasteiger partial charge on any atom is -0.383 e. The van der Waals surface area contributed by atoms with E-state index in [1.807, 2.05) is 48.5 Å². The largest absolute Gasteiger partial charge is 1.00 e. The number of nitrogens with zero attached hydrogens (tertiary/aromatic N) is 2. The fourth-order valence-corrected chi connectivity index (χ4v) is 3.60. The van der Waals surface area contributed by atoms with Gasteiger partial charge in [0.2, 0.25) is 0 Å². The summed E-state index contributed by atoms with van der Waals surface area (Å²) in [6.07, 6.45) is 7.61. The molecule has 1 aliphatic heterocycles. The van der Waals surface area contributed by atoms with Crippen LogP contribution in [0.1, 0.15) is 29.5 Å². The molecule has 1 fully saturated rings. The Kier molecular flexibility index (Phi) is 16.0. The molecular weight excluding hydrogens is 453 g/mol. The van der Waals surface area contributed by atoms with E-state index in [2.05, 4.69) is 71.6 Å². The van der Waals surface area contributed by atoms with Crippen molar-refractivity contribution in [2.75, 3.05) is 18.9 Å². The number of rotatable bonds is 8. The van der Waals surface area contributed by atoms with Crippen LogP contribution < -0.4 is 45.9 Å². The number of likely N-dealkylation sites (N-methyl/N-ethyl adjacent to an activating group) is 1. The topological polar surface area (TPSA) is 66.2 Å². The predicted molar refractivity (Wildman–Crippen MR) is 150 cm³/mol. The van der Waals surface area contributed by atoms with E-state index in [1.165, 1.54) is 24.9 Å². The van der Waals surface area contributed by atoms with Crippen LogP contribution in [0.15, 0.2) is 111 Å². The van der Waals surface area contributed by atoms with Gasteiger partial charge in [-0.15, -0.1) is 18.7 Å². The number of benzene rings is 2. The smallest absolute Gasteiger partial charge is 0.383 e. The van der Waals surface area contributed by atoms with Gasteiger partial charge in [0.25, 0.3) is 0 Å². The molecule has 36 heavy (non-hydrogen) atoms. The molecule has 0 bridgehead atoms. The molecule has 0 amide bonds. The van der Waals surface area contributed by atoms with Crippen molar-refractivity contribution in [3.63, 3.8) is 0 Å². The molecule has 4 N–H and O–H groups in total. The summed E-state index contributed by atoms with van der Waals surface area (Å²) in [4.78, 5) is 6.42. The molecule has 0 saturated carbocycles. The second kappa shape index (κ2) is 18.5. The summed E-state index contributed by atoms with van der Waals surface area (Å²) in [5, 5.41) is 6.32. The average Bonchev–Trinajstić information content (AvgIpc) is 3.35. The van der Waals surface area contributed by atoms with E-state index in [0.29, 0.717) is 6.04 Å². The van der Waals surface area contributed by atoms with Crippen molar-refractivity contribution in [1.29, 1.82) is 0 Å². The zero-order chi connectivity index (χ0) is 25.3. The van der Waals surface area contributed by atoms with Crippen molar-refractivity contribution in [3.05, 3.63) is 134 Å². The second-order valence-electron chi connectivity index (χ2n) is 8.11. The molecule has 184 valence electrons. The zero-order valence-electron chi connectivity index (χ0n) is 21.7. The molecular formula is C30H38N5Na. The van der Waals surface area contributed by atoms with Gasteiger partial charge in [0.05, 0.1) is 0 Å². The summed E-state index contributed by atoms with van der Waals surface area (Å²) < 4.78 is 0. The van der Waals surface area contributed by atoms with Gasteiger partial charge >= 0.3 is 29.6 Å². The number of aromatic nitrogens is 1. The van der Waals surface area contributed by atoms with Crippen LogP contribution in [0.2, 0.25) is 0 Å². The van der Waals surface area contributed by atoms with E-state index in [-0.39, 0.29) is 29.6 Å². The average molecular weight is 492 g/mol. The van der Waals surface area contributed by atoms with Crippen molar-refractivity contribution < 1.29 is 29.6 Å². The Morgan fingerprint density at radius 1 is 1.11 bits per heavy atom. The van der Waals surface area contributed by atoms with E-state index in [0.717, 1.165) is 29.2 Å². The van der Waals surface area contributed by atoms with Crippen molar-refractivity contribution >= 4 is 11.9 Å². The Balaban J connectivity index is 0.000000284. The first-order chi connectivity index (χ1) is 17.1. The van der Waals surface area contributed by atoms with Crippen LogP contribution in [0.4, 0.5) is 5.82 Å². The van der Waals surface area contributed by atoms with Crippen LogP contribution in [0.3, 0.4) is 0 Å².